The second-order valence-electron chi connectivity index (χ2n) is 7.31. The molecule has 0 spiro atoms. The maximum absolute atomic E-state index is 12.9. The summed E-state index contributed by atoms with van der Waals surface area (Å²) < 4.78 is 12.4. The van der Waals surface area contributed by atoms with Crippen LogP contribution in [0.4, 0.5) is 4.79 Å². The minimum absolute atomic E-state index is 0.215. The summed E-state index contributed by atoms with van der Waals surface area (Å²) in [6, 6.07) is 18.4. The molecule has 0 atom stereocenters. The van der Waals surface area contributed by atoms with Gasteiger partial charge in [-0.25, -0.2) is 0 Å². The molecule has 2 amide bonds. The van der Waals surface area contributed by atoms with Crippen LogP contribution in [0, 0.1) is 3.57 Å². The number of carbonyl (C=O) groups excluding carboxylic acids is 2. The van der Waals surface area contributed by atoms with Crippen LogP contribution in [-0.4, -0.2) is 23.2 Å². The van der Waals surface area contributed by atoms with Gasteiger partial charge < -0.3 is 9.47 Å². The van der Waals surface area contributed by atoms with Crippen molar-refractivity contribution >= 4 is 74.8 Å². The summed E-state index contributed by atoms with van der Waals surface area (Å²) in [5.74, 6) is 0.430. The van der Waals surface area contributed by atoms with Gasteiger partial charge in [0.15, 0.2) is 11.5 Å². The van der Waals surface area contributed by atoms with Gasteiger partial charge >= 0.3 is 0 Å². The zero-order valence-corrected chi connectivity index (χ0v) is 22.4. The smallest absolute Gasteiger partial charge is 0.293 e. The Morgan fingerprint density at radius 1 is 1.03 bits per heavy atom. The van der Waals surface area contributed by atoms with Crippen molar-refractivity contribution in [1.29, 1.82) is 0 Å². The Bertz CT molecular complexity index is 1280. The zero-order valence-electron chi connectivity index (χ0n) is 17.9. The summed E-state index contributed by atoms with van der Waals surface area (Å²) in [4.78, 5) is 26.9. The molecule has 0 aromatic heterocycles. The summed E-state index contributed by atoms with van der Waals surface area (Å²) in [5, 5.41) is 0.596. The molecule has 1 aliphatic heterocycles. The van der Waals surface area contributed by atoms with Gasteiger partial charge in [-0.3, -0.25) is 14.5 Å². The Morgan fingerprint density at radius 2 is 1.76 bits per heavy atom. The van der Waals surface area contributed by atoms with Crippen molar-refractivity contribution < 1.29 is 19.1 Å². The summed E-state index contributed by atoms with van der Waals surface area (Å²) in [7, 11) is 1.51. The average molecular weight is 626 g/mol. The van der Waals surface area contributed by atoms with Gasteiger partial charge in [0.2, 0.25) is 0 Å². The quantitative estimate of drug-likeness (QED) is 0.202. The number of halogens is 3. The van der Waals surface area contributed by atoms with Crippen LogP contribution in [-0.2, 0) is 17.9 Å². The third-order valence-corrected chi connectivity index (χ3v) is 7.28. The zero-order chi connectivity index (χ0) is 24.2. The summed E-state index contributed by atoms with van der Waals surface area (Å²) >= 11 is 15.8. The molecule has 1 heterocycles. The molecule has 5 nitrogen and oxygen atoms in total. The largest absolute Gasteiger partial charge is 0.493 e. The molecule has 3 aromatic rings. The Kier molecular flexibility index (Phi) is 8.08. The van der Waals surface area contributed by atoms with Crippen molar-refractivity contribution in [3.8, 4) is 11.5 Å². The maximum Gasteiger partial charge on any atom is 0.293 e. The molecule has 9 heteroatoms. The fourth-order valence-electron chi connectivity index (χ4n) is 3.29. The van der Waals surface area contributed by atoms with Crippen LogP contribution in [0.2, 0.25) is 10.0 Å². The van der Waals surface area contributed by atoms with E-state index in [0.29, 0.717) is 32.0 Å². The van der Waals surface area contributed by atoms with Crippen LogP contribution in [0.3, 0.4) is 0 Å². The Morgan fingerprint density at radius 3 is 2.47 bits per heavy atom. The van der Waals surface area contributed by atoms with E-state index in [2.05, 4.69) is 22.6 Å². The lowest BCUT2D eigenvalue weighted by atomic mass is 10.1. The summed E-state index contributed by atoms with van der Waals surface area (Å²) in [5.41, 5.74) is 2.31. The van der Waals surface area contributed by atoms with E-state index in [0.717, 1.165) is 26.5 Å². The first kappa shape index (κ1) is 24.9. The second-order valence-corrected chi connectivity index (χ2v) is 10.4. The van der Waals surface area contributed by atoms with Crippen LogP contribution >= 0.6 is 57.6 Å². The monoisotopic (exact) mass is 625 g/mol. The molecule has 34 heavy (non-hydrogen) atoms. The molecule has 0 radical (unpaired) electrons. The number of thioether (sulfide) groups is 1. The highest BCUT2D eigenvalue weighted by molar-refractivity contribution is 14.1. The number of benzene rings is 3. The van der Waals surface area contributed by atoms with E-state index in [1.54, 1.807) is 24.3 Å². The van der Waals surface area contributed by atoms with Gasteiger partial charge in [0, 0.05) is 14.2 Å². The Hall–Kier alpha value is -2.20. The van der Waals surface area contributed by atoms with Crippen LogP contribution in [0.25, 0.3) is 6.08 Å². The molecular formula is C25H18Cl2INO4S. The van der Waals surface area contributed by atoms with Crippen molar-refractivity contribution in [1.82, 2.24) is 4.90 Å². The highest BCUT2D eigenvalue weighted by Gasteiger charge is 2.35. The Balaban J connectivity index is 1.53. The molecule has 1 aliphatic rings. The maximum atomic E-state index is 12.9. The average Bonchev–Trinajstić information content (AvgIpc) is 3.07. The van der Waals surface area contributed by atoms with Crippen molar-refractivity contribution in [3.05, 3.63) is 95.9 Å². The molecule has 0 saturated carbocycles. The molecular weight excluding hydrogens is 608 g/mol. The Labute approximate surface area is 225 Å². The van der Waals surface area contributed by atoms with Gasteiger partial charge in [-0.05, 0) is 81.9 Å². The van der Waals surface area contributed by atoms with E-state index >= 15 is 0 Å². The van der Waals surface area contributed by atoms with Crippen molar-refractivity contribution in [3.63, 3.8) is 0 Å². The first-order valence-corrected chi connectivity index (χ1v) is 12.7. The van der Waals surface area contributed by atoms with E-state index in [9.17, 15) is 9.59 Å². The number of amides is 2. The molecule has 1 saturated heterocycles. The second kappa shape index (κ2) is 11.0. The third-order valence-electron chi connectivity index (χ3n) is 5.01. The van der Waals surface area contributed by atoms with Crippen molar-refractivity contribution in [2.75, 3.05) is 7.11 Å². The SMILES string of the molecule is COc1cc(/C=C2\SC(=O)N(Cc3ccc(I)cc3)C2=O)cc(Cl)c1OCc1ccccc1Cl. The number of imide groups is 1. The fourth-order valence-corrected chi connectivity index (χ4v) is 4.95. The summed E-state index contributed by atoms with van der Waals surface area (Å²) in [6.07, 6.45) is 1.63. The molecule has 0 N–H and O–H groups in total. The number of methoxy groups -OCH3 is 1. The first-order chi connectivity index (χ1) is 16.4. The molecule has 1 fully saturated rings. The molecule has 174 valence electrons. The van der Waals surface area contributed by atoms with E-state index in [-0.39, 0.29) is 24.3 Å². The minimum Gasteiger partial charge on any atom is -0.493 e. The van der Waals surface area contributed by atoms with Gasteiger partial charge in [-0.1, -0.05) is 53.5 Å². The topological polar surface area (TPSA) is 55.8 Å². The van der Waals surface area contributed by atoms with Gasteiger partial charge in [-0.15, -0.1) is 0 Å². The van der Waals surface area contributed by atoms with Crippen molar-refractivity contribution in [2.24, 2.45) is 0 Å². The molecule has 0 bridgehead atoms. The van der Waals surface area contributed by atoms with Crippen LogP contribution in [0.5, 0.6) is 11.5 Å². The van der Waals surface area contributed by atoms with Gasteiger partial charge in [0.25, 0.3) is 11.1 Å². The fraction of sp³-hybridized carbons (Fsp3) is 0.120. The standard InChI is InChI=1S/C25H18Cl2INO4S/c1-32-21-11-16(10-20(27)23(21)33-14-17-4-2-3-5-19(17)26)12-22-24(30)29(25(31)34-22)13-15-6-8-18(28)9-7-15/h2-12H,13-14H2,1H3/b22-12-. The predicted octanol–water partition coefficient (Wildman–Crippen LogP) is 7.42. The van der Waals surface area contributed by atoms with Crippen LogP contribution in [0.15, 0.2) is 65.6 Å². The van der Waals surface area contributed by atoms with Gasteiger partial charge in [-0.2, -0.15) is 0 Å². The number of ether oxygens (including phenoxy) is 2. The van der Waals surface area contributed by atoms with Crippen molar-refractivity contribution in [2.45, 2.75) is 13.2 Å². The minimum atomic E-state index is -0.345. The third kappa shape index (κ3) is 5.71. The van der Waals surface area contributed by atoms with E-state index in [4.69, 9.17) is 32.7 Å². The molecule has 0 aliphatic carbocycles. The highest BCUT2D eigenvalue weighted by atomic mass is 127. The molecule has 4 rings (SSSR count). The van der Waals surface area contributed by atoms with E-state index < -0.39 is 0 Å². The van der Waals surface area contributed by atoms with Gasteiger partial charge in [0.05, 0.1) is 23.6 Å². The number of carbonyl (C=O) groups is 2. The first-order valence-electron chi connectivity index (χ1n) is 10.1. The van der Waals surface area contributed by atoms with E-state index in [1.165, 1.54) is 12.0 Å². The highest BCUT2D eigenvalue weighted by Crippen LogP contribution is 2.39. The lowest BCUT2D eigenvalue weighted by Gasteiger charge is -2.14. The van der Waals surface area contributed by atoms with Crippen LogP contribution < -0.4 is 9.47 Å². The van der Waals surface area contributed by atoms with E-state index in [1.807, 2.05) is 42.5 Å². The lowest BCUT2D eigenvalue weighted by molar-refractivity contribution is -0.123. The lowest BCUT2D eigenvalue weighted by Crippen LogP contribution is -2.27. The van der Waals surface area contributed by atoms with Gasteiger partial charge in [0.1, 0.15) is 6.61 Å². The number of hydrogen-bond acceptors (Lipinski definition) is 5. The molecule has 0 unspecified atom stereocenters. The number of nitrogens with zero attached hydrogens (tertiary/aromatic N) is 1. The number of rotatable bonds is 7. The summed E-state index contributed by atoms with van der Waals surface area (Å²) in [6.45, 7) is 0.435. The predicted molar refractivity (Wildman–Crippen MR) is 144 cm³/mol. The number of hydrogen-bond donors (Lipinski definition) is 0. The van der Waals surface area contributed by atoms with Crippen LogP contribution in [0.1, 0.15) is 16.7 Å². The normalized spacial score (nSPS) is 14.7. The molecule has 3 aromatic carbocycles.